The minimum absolute atomic E-state index is 0. The lowest BCUT2D eigenvalue weighted by molar-refractivity contribution is -0.142. The summed E-state index contributed by atoms with van der Waals surface area (Å²) in [5.41, 5.74) is 0.670. The molecular formula is C16H25ClN2O6. The highest BCUT2D eigenvalue weighted by Gasteiger charge is 2.20. The number of carboxylic acids is 1. The van der Waals surface area contributed by atoms with Crippen LogP contribution in [0.5, 0.6) is 17.2 Å². The molecule has 2 N–H and O–H groups in total. The van der Waals surface area contributed by atoms with Crippen LogP contribution in [0.15, 0.2) is 12.1 Å². The van der Waals surface area contributed by atoms with Crippen molar-refractivity contribution >= 4 is 24.3 Å². The molecule has 142 valence electrons. The molecule has 0 spiro atoms. The van der Waals surface area contributed by atoms with E-state index < -0.39 is 12.0 Å². The molecule has 1 rings (SSSR count). The highest BCUT2D eigenvalue weighted by Crippen LogP contribution is 2.33. The summed E-state index contributed by atoms with van der Waals surface area (Å²) in [7, 11) is 6.14. The maximum Gasteiger partial charge on any atom is 0.320 e. The first-order chi connectivity index (χ1) is 11.3. The number of halogens is 1. The molecule has 1 atom stereocenters. The second kappa shape index (κ2) is 10.6. The van der Waals surface area contributed by atoms with Gasteiger partial charge in [-0.1, -0.05) is 0 Å². The Morgan fingerprint density at radius 1 is 1.16 bits per heavy atom. The number of aliphatic carboxylic acids is 1. The van der Waals surface area contributed by atoms with Crippen molar-refractivity contribution in [1.82, 2.24) is 10.2 Å². The third kappa shape index (κ3) is 6.32. The van der Waals surface area contributed by atoms with Crippen molar-refractivity contribution in [2.45, 2.75) is 19.5 Å². The molecule has 0 aromatic heterocycles. The van der Waals surface area contributed by atoms with E-state index in [9.17, 15) is 9.59 Å². The van der Waals surface area contributed by atoms with Crippen LogP contribution in [0.3, 0.4) is 0 Å². The maximum atomic E-state index is 12.0. The Kier molecular flexibility index (Phi) is 9.70. The van der Waals surface area contributed by atoms with Gasteiger partial charge >= 0.3 is 5.97 Å². The van der Waals surface area contributed by atoms with Crippen molar-refractivity contribution in [2.24, 2.45) is 0 Å². The molecule has 0 fully saturated rings. The molecule has 0 aliphatic heterocycles. The molecule has 0 aliphatic carbocycles. The fourth-order valence-electron chi connectivity index (χ4n) is 2.05. The Labute approximate surface area is 153 Å². The number of hydrogen-bond acceptors (Lipinski definition) is 6. The normalized spacial score (nSPS) is 11.3. The molecular weight excluding hydrogens is 352 g/mol. The van der Waals surface area contributed by atoms with Crippen LogP contribution in [0.2, 0.25) is 0 Å². The average Bonchev–Trinajstić information content (AvgIpc) is 2.57. The number of hydrogen-bond donors (Lipinski definition) is 2. The Bertz CT molecular complexity index is 571. The van der Waals surface area contributed by atoms with E-state index in [1.807, 2.05) is 0 Å². The number of methoxy groups -OCH3 is 3. The van der Waals surface area contributed by atoms with Crippen LogP contribution < -0.4 is 19.5 Å². The summed E-state index contributed by atoms with van der Waals surface area (Å²) in [5, 5.41) is 11.7. The van der Waals surface area contributed by atoms with Crippen LogP contribution in [-0.4, -0.2) is 62.8 Å². The number of ether oxygens (including phenoxy) is 3. The summed E-state index contributed by atoms with van der Waals surface area (Å²) in [4.78, 5) is 24.4. The monoisotopic (exact) mass is 376 g/mol. The molecule has 25 heavy (non-hydrogen) atoms. The van der Waals surface area contributed by atoms with E-state index in [4.69, 9.17) is 19.3 Å². The minimum Gasteiger partial charge on any atom is -0.496 e. The largest absolute Gasteiger partial charge is 0.496 e. The third-order valence-corrected chi connectivity index (χ3v) is 3.69. The Morgan fingerprint density at radius 3 is 2.08 bits per heavy atom. The number of likely N-dealkylation sites (N-methyl/N-ethyl adjacent to an activating group) is 1. The summed E-state index contributed by atoms with van der Waals surface area (Å²) in [6.45, 7) is 1.67. The molecule has 0 aliphatic rings. The molecule has 0 heterocycles. The summed E-state index contributed by atoms with van der Waals surface area (Å²) >= 11 is 0. The van der Waals surface area contributed by atoms with Crippen molar-refractivity contribution in [3.05, 3.63) is 17.7 Å². The standard InChI is InChI=1S/C16H24N2O6.ClH/c1-10(16(20)21)18(2)9-15(19)17-8-12-13(23-4)6-11(22-3)7-14(12)24-5;/h6-7,10H,8-9H2,1-5H3,(H,17,19)(H,20,21);1H. The van der Waals surface area contributed by atoms with Gasteiger partial charge < -0.3 is 24.6 Å². The smallest absolute Gasteiger partial charge is 0.320 e. The number of carboxylic acid groups (broad SMARTS) is 1. The van der Waals surface area contributed by atoms with Crippen molar-refractivity contribution in [3.63, 3.8) is 0 Å². The Hall–Kier alpha value is -2.19. The number of rotatable bonds is 9. The third-order valence-electron chi connectivity index (χ3n) is 3.69. The van der Waals surface area contributed by atoms with Crippen LogP contribution in [-0.2, 0) is 16.1 Å². The van der Waals surface area contributed by atoms with Crippen molar-refractivity contribution in [2.75, 3.05) is 34.9 Å². The predicted molar refractivity (Wildman–Crippen MR) is 94.9 cm³/mol. The second-order valence-corrected chi connectivity index (χ2v) is 5.22. The summed E-state index contributed by atoms with van der Waals surface area (Å²) in [6.07, 6.45) is 0. The van der Waals surface area contributed by atoms with Crippen molar-refractivity contribution in [1.29, 1.82) is 0 Å². The Balaban J connectivity index is 0.00000576. The molecule has 1 unspecified atom stereocenters. The lowest BCUT2D eigenvalue weighted by Crippen LogP contribution is -2.42. The number of nitrogens with zero attached hydrogens (tertiary/aromatic N) is 1. The highest BCUT2D eigenvalue weighted by molar-refractivity contribution is 5.85. The zero-order chi connectivity index (χ0) is 18.3. The van der Waals surface area contributed by atoms with E-state index in [0.717, 1.165) is 0 Å². The molecule has 1 aromatic carbocycles. The van der Waals surface area contributed by atoms with E-state index in [2.05, 4.69) is 5.32 Å². The fraction of sp³-hybridized carbons (Fsp3) is 0.500. The van der Waals surface area contributed by atoms with E-state index in [-0.39, 0.29) is 31.4 Å². The molecule has 0 radical (unpaired) electrons. The highest BCUT2D eigenvalue weighted by atomic mass is 35.5. The number of amides is 1. The molecule has 9 heteroatoms. The van der Waals surface area contributed by atoms with Crippen molar-refractivity contribution in [3.8, 4) is 17.2 Å². The minimum atomic E-state index is -0.983. The lowest BCUT2D eigenvalue weighted by atomic mass is 10.1. The van der Waals surface area contributed by atoms with Crippen LogP contribution in [0, 0.1) is 0 Å². The van der Waals surface area contributed by atoms with E-state index in [1.165, 1.54) is 33.2 Å². The van der Waals surface area contributed by atoms with Gasteiger partial charge in [0.25, 0.3) is 0 Å². The predicted octanol–water partition coefficient (Wildman–Crippen LogP) is 1.16. The van der Waals surface area contributed by atoms with Gasteiger partial charge in [-0.15, -0.1) is 12.4 Å². The SMILES string of the molecule is COc1cc(OC)c(CNC(=O)CN(C)C(C)C(=O)O)c(OC)c1.Cl. The topological polar surface area (TPSA) is 97.3 Å². The molecule has 0 saturated carbocycles. The first-order valence-corrected chi connectivity index (χ1v) is 7.32. The van der Waals surface area contributed by atoms with Gasteiger partial charge in [0.15, 0.2) is 0 Å². The molecule has 1 aromatic rings. The maximum absolute atomic E-state index is 12.0. The number of nitrogens with one attached hydrogen (secondary N) is 1. The first-order valence-electron chi connectivity index (χ1n) is 7.32. The van der Waals surface area contributed by atoms with E-state index in [0.29, 0.717) is 22.8 Å². The summed E-state index contributed by atoms with van der Waals surface area (Å²) in [6, 6.07) is 2.64. The lowest BCUT2D eigenvalue weighted by Gasteiger charge is -2.21. The van der Waals surface area contributed by atoms with Crippen molar-refractivity contribution < 1.29 is 28.9 Å². The van der Waals surface area contributed by atoms with Gasteiger partial charge in [0.1, 0.15) is 23.3 Å². The van der Waals surface area contributed by atoms with Gasteiger partial charge in [-0.05, 0) is 14.0 Å². The van der Waals surface area contributed by atoms with Crippen LogP contribution in [0.25, 0.3) is 0 Å². The summed E-state index contributed by atoms with van der Waals surface area (Å²) in [5.74, 6) is 0.348. The van der Waals surface area contributed by atoms with Crippen LogP contribution >= 0.6 is 12.4 Å². The number of carbonyl (C=O) groups excluding carboxylic acids is 1. The fourth-order valence-corrected chi connectivity index (χ4v) is 2.05. The Morgan fingerprint density at radius 2 is 1.68 bits per heavy atom. The average molecular weight is 377 g/mol. The number of carbonyl (C=O) groups is 2. The first kappa shape index (κ1) is 22.8. The van der Waals surface area contributed by atoms with E-state index in [1.54, 1.807) is 19.2 Å². The molecule has 0 bridgehead atoms. The van der Waals surface area contributed by atoms with Crippen LogP contribution in [0.4, 0.5) is 0 Å². The van der Waals surface area contributed by atoms with Gasteiger partial charge in [-0.25, -0.2) is 0 Å². The van der Waals surface area contributed by atoms with Gasteiger partial charge in [0.2, 0.25) is 5.91 Å². The van der Waals surface area contributed by atoms with E-state index >= 15 is 0 Å². The quantitative estimate of drug-likeness (QED) is 0.667. The summed E-state index contributed by atoms with van der Waals surface area (Å²) < 4.78 is 15.8. The van der Waals surface area contributed by atoms with Gasteiger partial charge in [0.05, 0.1) is 40.0 Å². The van der Waals surface area contributed by atoms with Crippen LogP contribution in [0.1, 0.15) is 12.5 Å². The zero-order valence-electron chi connectivity index (χ0n) is 15.0. The second-order valence-electron chi connectivity index (χ2n) is 5.22. The van der Waals surface area contributed by atoms with Gasteiger partial charge in [-0.2, -0.15) is 0 Å². The molecule has 1 amide bonds. The zero-order valence-corrected chi connectivity index (χ0v) is 15.8. The molecule has 8 nitrogen and oxygen atoms in total. The van der Waals surface area contributed by atoms with Gasteiger partial charge in [0, 0.05) is 12.1 Å². The molecule has 0 saturated heterocycles. The number of benzene rings is 1. The van der Waals surface area contributed by atoms with Gasteiger partial charge in [-0.3, -0.25) is 14.5 Å².